The number of pyridine rings is 1. The van der Waals surface area contributed by atoms with E-state index in [1.165, 1.54) is 0 Å². The highest BCUT2D eigenvalue weighted by Gasteiger charge is 2.12. The SMILES string of the molecule is CCCN(CCC)c1cc(N/N=C/c2cccc(Br)c2)nc(OCCN2CCOCC2)c1. The highest BCUT2D eigenvalue weighted by atomic mass is 79.9. The summed E-state index contributed by atoms with van der Waals surface area (Å²) in [6.07, 6.45) is 3.95. The van der Waals surface area contributed by atoms with Gasteiger partial charge in [0.25, 0.3) is 0 Å². The maximum Gasteiger partial charge on any atom is 0.217 e. The van der Waals surface area contributed by atoms with Gasteiger partial charge in [-0.2, -0.15) is 10.1 Å². The summed E-state index contributed by atoms with van der Waals surface area (Å²) in [6.45, 7) is 11.3. The third-order valence-electron chi connectivity index (χ3n) is 5.14. The molecule has 1 aliphatic heterocycles. The summed E-state index contributed by atoms with van der Waals surface area (Å²) in [5.74, 6) is 1.29. The molecule has 0 aliphatic carbocycles. The molecule has 1 aromatic heterocycles. The quantitative estimate of drug-likeness (QED) is 0.336. The van der Waals surface area contributed by atoms with Gasteiger partial charge >= 0.3 is 0 Å². The average molecular weight is 504 g/mol. The zero-order chi connectivity index (χ0) is 22.6. The molecule has 7 nitrogen and oxygen atoms in total. The predicted molar refractivity (Wildman–Crippen MR) is 135 cm³/mol. The highest BCUT2D eigenvalue weighted by molar-refractivity contribution is 9.10. The summed E-state index contributed by atoms with van der Waals surface area (Å²) in [7, 11) is 0. The van der Waals surface area contributed by atoms with Gasteiger partial charge in [-0.3, -0.25) is 10.3 Å². The molecule has 1 N–H and O–H groups in total. The summed E-state index contributed by atoms with van der Waals surface area (Å²) in [4.78, 5) is 9.37. The van der Waals surface area contributed by atoms with Crippen molar-refractivity contribution in [3.05, 3.63) is 46.4 Å². The monoisotopic (exact) mass is 503 g/mol. The van der Waals surface area contributed by atoms with Crippen LogP contribution in [-0.2, 0) is 4.74 Å². The smallest absolute Gasteiger partial charge is 0.217 e. The van der Waals surface area contributed by atoms with Crippen molar-refractivity contribution in [1.29, 1.82) is 0 Å². The number of hydrazone groups is 1. The number of nitrogens with one attached hydrogen (secondary N) is 1. The highest BCUT2D eigenvalue weighted by Crippen LogP contribution is 2.25. The lowest BCUT2D eigenvalue weighted by Crippen LogP contribution is -2.38. The van der Waals surface area contributed by atoms with Crippen molar-refractivity contribution in [2.75, 3.05) is 62.9 Å². The molecule has 8 heteroatoms. The average Bonchev–Trinajstić information content (AvgIpc) is 2.80. The van der Waals surface area contributed by atoms with Crippen LogP contribution in [0.3, 0.4) is 0 Å². The first-order valence-electron chi connectivity index (χ1n) is 11.4. The summed E-state index contributed by atoms with van der Waals surface area (Å²) in [5, 5.41) is 4.39. The van der Waals surface area contributed by atoms with E-state index in [1.54, 1.807) is 6.21 Å². The van der Waals surface area contributed by atoms with Gasteiger partial charge < -0.3 is 14.4 Å². The minimum Gasteiger partial charge on any atom is -0.476 e. The second-order valence-corrected chi connectivity index (χ2v) is 8.68. The first-order valence-corrected chi connectivity index (χ1v) is 12.2. The third kappa shape index (κ3) is 8.07. The number of benzene rings is 1. The van der Waals surface area contributed by atoms with E-state index in [1.807, 2.05) is 36.4 Å². The molecule has 0 bridgehead atoms. The summed E-state index contributed by atoms with van der Waals surface area (Å²) in [5.41, 5.74) is 5.19. The molecule has 0 unspecified atom stereocenters. The fourth-order valence-electron chi connectivity index (χ4n) is 3.58. The summed E-state index contributed by atoms with van der Waals surface area (Å²) >= 11 is 3.49. The first kappa shape index (κ1) is 24.5. The number of nitrogens with zero attached hydrogens (tertiary/aromatic N) is 4. The zero-order valence-electron chi connectivity index (χ0n) is 19.1. The predicted octanol–water partition coefficient (Wildman–Crippen LogP) is 4.63. The lowest BCUT2D eigenvalue weighted by atomic mass is 10.2. The largest absolute Gasteiger partial charge is 0.476 e. The van der Waals surface area contributed by atoms with Crippen LogP contribution >= 0.6 is 15.9 Å². The van der Waals surface area contributed by atoms with E-state index < -0.39 is 0 Å². The van der Waals surface area contributed by atoms with Crippen LogP contribution in [0.2, 0.25) is 0 Å². The van der Waals surface area contributed by atoms with Crippen LogP contribution < -0.4 is 15.1 Å². The number of ether oxygens (including phenoxy) is 2. The van der Waals surface area contributed by atoms with Crippen LogP contribution in [0.5, 0.6) is 5.88 Å². The molecule has 1 fully saturated rings. The molecule has 0 amide bonds. The van der Waals surface area contributed by atoms with Crippen molar-refractivity contribution >= 4 is 33.6 Å². The van der Waals surface area contributed by atoms with Gasteiger partial charge in [0.1, 0.15) is 6.61 Å². The van der Waals surface area contributed by atoms with Gasteiger partial charge in [0.05, 0.1) is 19.4 Å². The Labute approximate surface area is 199 Å². The Morgan fingerprint density at radius 3 is 2.69 bits per heavy atom. The number of halogens is 1. The Morgan fingerprint density at radius 2 is 1.97 bits per heavy atom. The van der Waals surface area contributed by atoms with Crippen LogP contribution in [0.25, 0.3) is 0 Å². The molecule has 2 aromatic rings. The third-order valence-corrected chi connectivity index (χ3v) is 5.63. The molecule has 2 heterocycles. The van der Waals surface area contributed by atoms with Gasteiger partial charge in [0.2, 0.25) is 5.88 Å². The first-order chi connectivity index (χ1) is 15.7. The molecule has 1 aromatic carbocycles. The Kier molecular flexibility index (Phi) is 10.3. The number of anilines is 2. The number of rotatable bonds is 12. The molecular formula is C24H34BrN5O2. The number of morpholine rings is 1. The Bertz CT molecular complexity index is 852. The maximum atomic E-state index is 6.06. The minimum absolute atomic E-state index is 0.596. The van der Waals surface area contributed by atoms with Crippen molar-refractivity contribution in [3.8, 4) is 5.88 Å². The Balaban J connectivity index is 1.71. The van der Waals surface area contributed by atoms with E-state index in [2.05, 4.69) is 55.1 Å². The van der Waals surface area contributed by atoms with E-state index >= 15 is 0 Å². The van der Waals surface area contributed by atoms with Crippen molar-refractivity contribution in [2.24, 2.45) is 5.10 Å². The minimum atomic E-state index is 0.596. The van der Waals surface area contributed by atoms with Crippen LogP contribution in [0, 0.1) is 0 Å². The van der Waals surface area contributed by atoms with E-state index in [-0.39, 0.29) is 0 Å². The summed E-state index contributed by atoms with van der Waals surface area (Å²) in [6, 6.07) is 12.1. The van der Waals surface area contributed by atoms with Crippen molar-refractivity contribution < 1.29 is 9.47 Å². The van der Waals surface area contributed by atoms with Gasteiger partial charge in [-0.05, 0) is 30.5 Å². The van der Waals surface area contributed by atoms with Gasteiger partial charge in [-0.1, -0.05) is 41.9 Å². The van der Waals surface area contributed by atoms with Gasteiger partial charge in [-0.25, -0.2) is 0 Å². The second-order valence-electron chi connectivity index (χ2n) is 7.76. The van der Waals surface area contributed by atoms with Crippen LogP contribution in [0.4, 0.5) is 11.5 Å². The number of aromatic nitrogens is 1. The van der Waals surface area contributed by atoms with Crippen LogP contribution in [0.1, 0.15) is 32.3 Å². The normalized spacial score (nSPS) is 14.6. The van der Waals surface area contributed by atoms with Crippen molar-refractivity contribution in [1.82, 2.24) is 9.88 Å². The van der Waals surface area contributed by atoms with Crippen LogP contribution in [-0.4, -0.2) is 68.6 Å². The van der Waals surface area contributed by atoms with Gasteiger partial charge in [0, 0.05) is 55.0 Å². The molecule has 174 valence electrons. The maximum absolute atomic E-state index is 6.06. The van der Waals surface area contributed by atoms with Crippen molar-refractivity contribution in [3.63, 3.8) is 0 Å². The van der Waals surface area contributed by atoms with E-state index in [4.69, 9.17) is 9.47 Å². The molecule has 1 saturated heterocycles. The van der Waals surface area contributed by atoms with E-state index in [9.17, 15) is 0 Å². The molecule has 3 rings (SSSR count). The topological polar surface area (TPSA) is 62.2 Å². The molecule has 0 atom stereocenters. The van der Waals surface area contributed by atoms with Crippen LogP contribution in [0.15, 0.2) is 46.0 Å². The fourth-order valence-corrected chi connectivity index (χ4v) is 4.00. The molecule has 32 heavy (non-hydrogen) atoms. The Morgan fingerprint density at radius 1 is 1.19 bits per heavy atom. The Hall–Kier alpha value is -2.16. The summed E-state index contributed by atoms with van der Waals surface area (Å²) < 4.78 is 12.5. The van der Waals surface area contributed by atoms with E-state index in [0.29, 0.717) is 18.3 Å². The lowest BCUT2D eigenvalue weighted by molar-refractivity contribution is 0.0320. The van der Waals surface area contributed by atoms with Gasteiger partial charge in [-0.15, -0.1) is 0 Å². The lowest BCUT2D eigenvalue weighted by Gasteiger charge is -2.26. The zero-order valence-corrected chi connectivity index (χ0v) is 20.7. The molecule has 1 aliphatic rings. The number of hydrogen-bond donors (Lipinski definition) is 1. The fraction of sp³-hybridized carbons (Fsp3) is 0.500. The molecule has 0 saturated carbocycles. The second kappa shape index (κ2) is 13.4. The van der Waals surface area contributed by atoms with E-state index in [0.717, 1.165) is 74.5 Å². The van der Waals surface area contributed by atoms with Crippen molar-refractivity contribution in [2.45, 2.75) is 26.7 Å². The molecule has 0 spiro atoms. The standard InChI is InChI=1S/C24H34BrN5O2/c1-3-8-30(9-4-2)22-17-23(28-26-19-20-6-5-7-21(25)16-20)27-24(18-22)32-15-12-29-10-13-31-14-11-29/h5-7,16-19H,3-4,8-15H2,1-2H3,(H,27,28)/b26-19+. The van der Waals surface area contributed by atoms with Gasteiger partial charge in [0.15, 0.2) is 5.82 Å². The number of hydrogen-bond acceptors (Lipinski definition) is 7. The molecular weight excluding hydrogens is 470 g/mol. The molecule has 0 radical (unpaired) electrons.